The van der Waals surface area contributed by atoms with Crippen molar-refractivity contribution in [1.82, 2.24) is 10.2 Å². The lowest BCUT2D eigenvalue weighted by molar-refractivity contribution is 0.0914. The predicted octanol–water partition coefficient (Wildman–Crippen LogP) is 3.90. The molecule has 0 radical (unpaired) electrons. The van der Waals surface area contributed by atoms with Crippen molar-refractivity contribution in [3.63, 3.8) is 0 Å². The quantitative estimate of drug-likeness (QED) is 0.697. The highest BCUT2D eigenvalue weighted by Gasteiger charge is 2.19. The number of fused-ring (bicyclic) bond motifs is 1. The van der Waals surface area contributed by atoms with Crippen LogP contribution in [-0.4, -0.2) is 31.4 Å². The second-order valence-electron chi connectivity index (χ2n) is 6.18. The van der Waals surface area contributed by atoms with Crippen LogP contribution in [0.1, 0.15) is 22.2 Å². The number of nitrogens with zero attached hydrogens (tertiary/aromatic N) is 1. The molecule has 0 fully saturated rings. The van der Waals surface area contributed by atoms with E-state index in [1.165, 1.54) is 6.07 Å². The molecular weight excluding hydrogens is 387 g/mol. The molecule has 2 aromatic carbocycles. The van der Waals surface area contributed by atoms with E-state index in [-0.39, 0.29) is 29.6 Å². The van der Waals surface area contributed by atoms with E-state index in [4.69, 9.17) is 16.0 Å². The van der Waals surface area contributed by atoms with Gasteiger partial charge in [0.25, 0.3) is 5.91 Å². The highest BCUT2D eigenvalue weighted by atomic mass is 35.5. The summed E-state index contributed by atoms with van der Waals surface area (Å²) in [6.07, 6.45) is 0. The third kappa shape index (κ3) is 4.69. The number of amides is 1. The van der Waals surface area contributed by atoms with E-state index < -0.39 is 5.91 Å². The Balaban J connectivity index is 0.00000261. The van der Waals surface area contributed by atoms with Gasteiger partial charge in [0.2, 0.25) is 0 Å². The van der Waals surface area contributed by atoms with Crippen LogP contribution in [0.15, 0.2) is 63.8 Å². The maximum absolute atomic E-state index is 12.5. The van der Waals surface area contributed by atoms with E-state index in [0.717, 1.165) is 5.56 Å². The first-order valence-corrected chi connectivity index (χ1v) is 8.57. The Kier molecular flexibility index (Phi) is 7.02. The van der Waals surface area contributed by atoms with Crippen molar-refractivity contribution >= 4 is 40.9 Å². The zero-order valence-corrected chi connectivity index (χ0v) is 16.5. The molecule has 1 atom stereocenters. The number of halogens is 2. The summed E-state index contributed by atoms with van der Waals surface area (Å²) in [6, 6.07) is 15.5. The average Bonchev–Trinajstić information content (AvgIpc) is 2.63. The molecule has 3 aromatic rings. The summed E-state index contributed by atoms with van der Waals surface area (Å²) in [5, 5.41) is 3.91. The topological polar surface area (TPSA) is 62.6 Å². The fraction of sp³-hybridized carbons (Fsp3) is 0.200. The molecule has 1 heterocycles. The van der Waals surface area contributed by atoms with Gasteiger partial charge < -0.3 is 14.6 Å². The molecule has 142 valence electrons. The summed E-state index contributed by atoms with van der Waals surface area (Å²) >= 11 is 6.28. The van der Waals surface area contributed by atoms with Crippen LogP contribution in [0.3, 0.4) is 0 Å². The van der Waals surface area contributed by atoms with Gasteiger partial charge in [0.1, 0.15) is 5.58 Å². The molecule has 0 spiro atoms. The third-order valence-electron chi connectivity index (χ3n) is 4.20. The normalized spacial score (nSPS) is 11.9. The van der Waals surface area contributed by atoms with Gasteiger partial charge in [0.05, 0.1) is 11.4 Å². The Hall–Kier alpha value is -2.34. The maximum Gasteiger partial charge on any atom is 0.287 e. The Bertz CT molecular complexity index is 1000. The van der Waals surface area contributed by atoms with Crippen molar-refractivity contribution in [2.75, 3.05) is 20.6 Å². The molecule has 3 rings (SSSR count). The predicted molar refractivity (Wildman–Crippen MR) is 110 cm³/mol. The number of para-hydroxylation sites is 1. The molecule has 1 aromatic heterocycles. The fourth-order valence-electron chi connectivity index (χ4n) is 2.81. The minimum atomic E-state index is -0.438. The summed E-state index contributed by atoms with van der Waals surface area (Å²) in [5.74, 6) is -0.447. The van der Waals surface area contributed by atoms with Crippen LogP contribution in [0.4, 0.5) is 0 Å². The minimum absolute atomic E-state index is 0. The number of nitrogens with one attached hydrogen (secondary N) is 1. The maximum atomic E-state index is 12.5. The molecule has 27 heavy (non-hydrogen) atoms. The number of hydrogen-bond acceptors (Lipinski definition) is 4. The summed E-state index contributed by atoms with van der Waals surface area (Å²) < 4.78 is 5.57. The van der Waals surface area contributed by atoms with Gasteiger partial charge in [-0.15, -0.1) is 12.4 Å². The largest absolute Gasteiger partial charge is 0.451 e. The lowest BCUT2D eigenvalue weighted by Gasteiger charge is -2.25. The van der Waals surface area contributed by atoms with Gasteiger partial charge in [0, 0.05) is 17.6 Å². The van der Waals surface area contributed by atoms with E-state index in [2.05, 4.69) is 5.32 Å². The standard InChI is InChI=1S/C20H19ClN2O3.ClH/c1-23(2)16(13-7-3-5-9-15(13)21)12-22-20(25)19-11-17(24)14-8-4-6-10-18(14)26-19;/h3-11,16H,12H2,1-2H3,(H,22,25);1H. The smallest absolute Gasteiger partial charge is 0.287 e. The van der Waals surface area contributed by atoms with Gasteiger partial charge in [-0.25, -0.2) is 0 Å². The van der Waals surface area contributed by atoms with E-state index in [0.29, 0.717) is 22.5 Å². The van der Waals surface area contributed by atoms with Gasteiger partial charge in [-0.05, 0) is 37.9 Å². The molecule has 0 aliphatic carbocycles. The molecule has 0 saturated heterocycles. The number of likely N-dealkylation sites (N-methyl/N-ethyl adjacent to an activating group) is 1. The number of hydrogen-bond donors (Lipinski definition) is 1. The molecule has 1 amide bonds. The summed E-state index contributed by atoms with van der Waals surface area (Å²) in [5.41, 5.74) is 1.06. The van der Waals surface area contributed by atoms with Gasteiger partial charge in [-0.2, -0.15) is 0 Å². The van der Waals surface area contributed by atoms with E-state index >= 15 is 0 Å². The van der Waals surface area contributed by atoms with Crippen molar-refractivity contribution in [1.29, 1.82) is 0 Å². The van der Waals surface area contributed by atoms with Crippen molar-refractivity contribution in [3.8, 4) is 0 Å². The number of carbonyl (C=O) groups excluding carboxylic acids is 1. The summed E-state index contributed by atoms with van der Waals surface area (Å²) in [4.78, 5) is 26.6. The Morgan fingerprint density at radius 1 is 1.15 bits per heavy atom. The lowest BCUT2D eigenvalue weighted by Crippen LogP contribution is -2.35. The van der Waals surface area contributed by atoms with Crippen LogP contribution < -0.4 is 10.7 Å². The zero-order chi connectivity index (χ0) is 18.7. The molecule has 7 heteroatoms. The minimum Gasteiger partial charge on any atom is -0.451 e. The fourth-order valence-corrected chi connectivity index (χ4v) is 3.07. The molecular formula is C20H20Cl2N2O3. The molecule has 1 unspecified atom stereocenters. The van der Waals surface area contributed by atoms with E-state index in [9.17, 15) is 9.59 Å². The molecule has 0 bridgehead atoms. The second kappa shape index (κ2) is 9.04. The number of benzene rings is 2. The van der Waals surface area contributed by atoms with Crippen molar-refractivity contribution in [2.45, 2.75) is 6.04 Å². The van der Waals surface area contributed by atoms with Crippen LogP contribution in [0.5, 0.6) is 0 Å². The SMILES string of the molecule is CN(C)C(CNC(=O)c1cc(=O)c2ccccc2o1)c1ccccc1Cl.Cl. The van der Waals surface area contributed by atoms with Crippen molar-refractivity contribution in [3.05, 3.63) is 81.2 Å². The molecule has 0 aliphatic heterocycles. The number of carbonyl (C=O) groups is 1. The Labute approximate surface area is 168 Å². The van der Waals surface area contributed by atoms with Gasteiger partial charge in [-0.3, -0.25) is 9.59 Å². The average molecular weight is 407 g/mol. The van der Waals surface area contributed by atoms with Crippen LogP contribution in [0, 0.1) is 0 Å². The Morgan fingerprint density at radius 3 is 2.52 bits per heavy atom. The van der Waals surface area contributed by atoms with Crippen molar-refractivity contribution < 1.29 is 9.21 Å². The molecule has 0 saturated carbocycles. The molecule has 0 aliphatic rings. The van der Waals surface area contributed by atoms with Gasteiger partial charge >= 0.3 is 0 Å². The molecule has 1 N–H and O–H groups in total. The van der Waals surface area contributed by atoms with Crippen LogP contribution in [-0.2, 0) is 0 Å². The monoisotopic (exact) mass is 406 g/mol. The first-order valence-electron chi connectivity index (χ1n) is 8.19. The summed E-state index contributed by atoms with van der Waals surface area (Å²) in [6.45, 7) is 0.325. The van der Waals surface area contributed by atoms with E-state index in [1.807, 2.05) is 43.3 Å². The Morgan fingerprint density at radius 2 is 1.81 bits per heavy atom. The van der Waals surface area contributed by atoms with Crippen molar-refractivity contribution in [2.24, 2.45) is 0 Å². The molecule has 5 nitrogen and oxygen atoms in total. The van der Waals surface area contributed by atoms with E-state index in [1.54, 1.807) is 24.3 Å². The van der Waals surface area contributed by atoms with Gasteiger partial charge in [0.15, 0.2) is 11.2 Å². The number of rotatable bonds is 5. The summed E-state index contributed by atoms with van der Waals surface area (Å²) in [7, 11) is 3.83. The lowest BCUT2D eigenvalue weighted by atomic mass is 10.1. The van der Waals surface area contributed by atoms with Gasteiger partial charge in [-0.1, -0.05) is 41.9 Å². The van der Waals surface area contributed by atoms with Crippen LogP contribution in [0.2, 0.25) is 5.02 Å². The first kappa shape index (κ1) is 21.0. The first-order chi connectivity index (χ1) is 12.5. The van der Waals surface area contributed by atoms with Crippen LogP contribution >= 0.6 is 24.0 Å². The highest BCUT2D eigenvalue weighted by Crippen LogP contribution is 2.25. The zero-order valence-electron chi connectivity index (χ0n) is 14.9. The van der Waals surface area contributed by atoms with Crippen LogP contribution in [0.25, 0.3) is 11.0 Å². The second-order valence-corrected chi connectivity index (χ2v) is 6.59. The third-order valence-corrected chi connectivity index (χ3v) is 4.55. The highest BCUT2D eigenvalue weighted by molar-refractivity contribution is 6.31.